The molecule has 0 aliphatic heterocycles. The quantitative estimate of drug-likeness (QED) is 0.672. The molecule has 1 N–H and O–H groups in total. The third kappa shape index (κ3) is 3.82. The van der Waals surface area contributed by atoms with Gasteiger partial charge >= 0.3 is 0 Å². The van der Waals surface area contributed by atoms with E-state index < -0.39 is 0 Å². The van der Waals surface area contributed by atoms with E-state index in [0.29, 0.717) is 33.3 Å². The number of hydrogen-bond acceptors (Lipinski definition) is 1. The van der Waals surface area contributed by atoms with Crippen LogP contribution in [0.15, 0.2) is 36.4 Å². The standard InChI is InChI=1S/C18H17Cl2FN2S/c1-11-14(19)4-3-7-17(11)22-18(24)23(12-8-9-12)10-13-15(20)5-2-6-16(13)21/h2-7,12H,8-10H2,1H3,(H,22,24). The first kappa shape index (κ1) is 17.5. The van der Waals surface area contributed by atoms with Gasteiger partial charge < -0.3 is 10.2 Å². The SMILES string of the molecule is Cc1c(Cl)cccc1NC(=S)N(Cc1c(F)cccc1Cl)C1CC1. The highest BCUT2D eigenvalue weighted by molar-refractivity contribution is 7.80. The van der Waals surface area contributed by atoms with Crippen LogP contribution in [0.5, 0.6) is 0 Å². The van der Waals surface area contributed by atoms with Crippen molar-refractivity contribution in [3.8, 4) is 0 Å². The Bertz CT molecular complexity index is 757. The summed E-state index contributed by atoms with van der Waals surface area (Å²) in [6, 6.07) is 10.7. The highest BCUT2D eigenvalue weighted by atomic mass is 35.5. The summed E-state index contributed by atoms with van der Waals surface area (Å²) in [7, 11) is 0. The molecule has 6 heteroatoms. The van der Waals surface area contributed by atoms with Crippen molar-refractivity contribution in [1.29, 1.82) is 0 Å². The Morgan fingerprint density at radius 2 is 1.88 bits per heavy atom. The number of halogens is 3. The van der Waals surface area contributed by atoms with Crippen LogP contribution in [0.4, 0.5) is 10.1 Å². The van der Waals surface area contributed by atoms with Crippen LogP contribution in [-0.2, 0) is 6.54 Å². The van der Waals surface area contributed by atoms with Gasteiger partial charge in [-0.3, -0.25) is 0 Å². The first-order valence-corrected chi connectivity index (χ1v) is 8.89. The number of benzene rings is 2. The highest BCUT2D eigenvalue weighted by Crippen LogP contribution is 2.32. The molecule has 1 saturated carbocycles. The van der Waals surface area contributed by atoms with Crippen molar-refractivity contribution in [3.63, 3.8) is 0 Å². The molecule has 0 amide bonds. The number of nitrogens with zero attached hydrogens (tertiary/aromatic N) is 1. The lowest BCUT2D eigenvalue weighted by Gasteiger charge is -2.27. The summed E-state index contributed by atoms with van der Waals surface area (Å²) < 4.78 is 14.1. The molecule has 126 valence electrons. The van der Waals surface area contributed by atoms with Gasteiger partial charge in [0.1, 0.15) is 5.82 Å². The van der Waals surface area contributed by atoms with Crippen LogP contribution < -0.4 is 5.32 Å². The average Bonchev–Trinajstić information content (AvgIpc) is 3.36. The Hall–Kier alpha value is -1.36. The molecule has 1 fully saturated rings. The Kier molecular flexibility index (Phi) is 5.28. The molecule has 0 atom stereocenters. The number of hydrogen-bond donors (Lipinski definition) is 1. The molecule has 0 saturated heterocycles. The van der Waals surface area contributed by atoms with E-state index in [1.807, 2.05) is 30.0 Å². The first-order chi connectivity index (χ1) is 11.5. The Balaban J connectivity index is 1.81. The molecule has 24 heavy (non-hydrogen) atoms. The molecule has 0 unspecified atom stereocenters. The lowest BCUT2D eigenvalue weighted by atomic mass is 10.2. The van der Waals surface area contributed by atoms with Gasteiger partial charge in [0.05, 0.1) is 0 Å². The number of rotatable bonds is 4. The predicted octanol–water partition coefficient (Wildman–Crippen LogP) is 5.80. The van der Waals surface area contributed by atoms with Gasteiger partial charge in [-0.05, 0) is 61.8 Å². The number of nitrogens with one attached hydrogen (secondary N) is 1. The second-order valence-electron chi connectivity index (χ2n) is 5.90. The predicted molar refractivity (Wildman–Crippen MR) is 102 cm³/mol. The zero-order chi connectivity index (χ0) is 17.3. The molecule has 0 radical (unpaired) electrons. The van der Waals surface area contributed by atoms with Crippen LogP contribution in [0.3, 0.4) is 0 Å². The molecule has 2 aromatic carbocycles. The molecular weight excluding hydrogens is 366 g/mol. The third-order valence-corrected chi connectivity index (χ3v) is 5.25. The van der Waals surface area contributed by atoms with E-state index in [2.05, 4.69) is 5.32 Å². The largest absolute Gasteiger partial charge is 0.342 e. The molecule has 0 aromatic heterocycles. The van der Waals surface area contributed by atoms with E-state index >= 15 is 0 Å². The van der Waals surface area contributed by atoms with E-state index in [9.17, 15) is 4.39 Å². The van der Waals surface area contributed by atoms with E-state index in [0.717, 1.165) is 24.1 Å². The van der Waals surface area contributed by atoms with Crippen LogP contribution in [0.1, 0.15) is 24.0 Å². The van der Waals surface area contributed by atoms with Crippen LogP contribution in [0, 0.1) is 12.7 Å². The molecule has 0 heterocycles. The molecule has 0 spiro atoms. The van der Waals surface area contributed by atoms with Crippen molar-refractivity contribution in [2.45, 2.75) is 32.4 Å². The van der Waals surface area contributed by atoms with Gasteiger partial charge in [-0.25, -0.2) is 4.39 Å². The first-order valence-electron chi connectivity index (χ1n) is 7.73. The Morgan fingerprint density at radius 1 is 1.21 bits per heavy atom. The van der Waals surface area contributed by atoms with Crippen molar-refractivity contribution in [1.82, 2.24) is 4.90 Å². The molecule has 0 bridgehead atoms. The fourth-order valence-electron chi connectivity index (χ4n) is 2.54. The van der Waals surface area contributed by atoms with E-state index in [1.54, 1.807) is 12.1 Å². The van der Waals surface area contributed by atoms with Crippen molar-refractivity contribution >= 4 is 46.2 Å². The molecule has 2 aromatic rings. The molecule has 2 nitrogen and oxygen atoms in total. The Morgan fingerprint density at radius 3 is 2.54 bits per heavy atom. The number of anilines is 1. The minimum Gasteiger partial charge on any atom is -0.342 e. The van der Waals surface area contributed by atoms with Crippen LogP contribution >= 0.6 is 35.4 Å². The topological polar surface area (TPSA) is 15.3 Å². The minimum atomic E-state index is -0.310. The smallest absolute Gasteiger partial charge is 0.173 e. The Labute approximate surface area is 156 Å². The summed E-state index contributed by atoms with van der Waals surface area (Å²) in [6.45, 7) is 2.28. The van der Waals surface area contributed by atoms with Crippen molar-refractivity contribution in [2.24, 2.45) is 0 Å². The number of thiocarbonyl (C=S) groups is 1. The van der Waals surface area contributed by atoms with Crippen LogP contribution in [0.2, 0.25) is 10.0 Å². The summed E-state index contributed by atoms with van der Waals surface area (Å²) in [6.07, 6.45) is 2.09. The minimum absolute atomic E-state index is 0.310. The summed E-state index contributed by atoms with van der Waals surface area (Å²) in [5, 5.41) is 4.89. The maximum atomic E-state index is 14.1. The van der Waals surface area contributed by atoms with Crippen molar-refractivity contribution in [2.75, 3.05) is 5.32 Å². The van der Waals surface area contributed by atoms with Gasteiger partial charge in [-0.1, -0.05) is 35.3 Å². The lowest BCUT2D eigenvalue weighted by molar-refractivity contribution is 0.400. The zero-order valence-corrected chi connectivity index (χ0v) is 15.5. The fraction of sp³-hybridized carbons (Fsp3) is 0.278. The zero-order valence-electron chi connectivity index (χ0n) is 13.2. The molecular formula is C18H17Cl2FN2S. The van der Waals surface area contributed by atoms with Gasteiger partial charge in [-0.2, -0.15) is 0 Å². The molecule has 1 aliphatic carbocycles. The van der Waals surface area contributed by atoms with Gasteiger partial charge in [0.2, 0.25) is 0 Å². The second-order valence-corrected chi connectivity index (χ2v) is 7.10. The van der Waals surface area contributed by atoms with E-state index in [1.165, 1.54) is 6.07 Å². The monoisotopic (exact) mass is 382 g/mol. The molecule has 1 aliphatic rings. The fourth-order valence-corrected chi connectivity index (χ4v) is 3.26. The van der Waals surface area contributed by atoms with Gasteiger partial charge in [-0.15, -0.1) is 0 Å². The summed E-state index contributed by atoms with van der Waals surface area (Å²) in [4.78, 5) is 2.00. The van der Waals surface area contributed by atoms with Crippen molar-refractivity contribution < 1.29 is 4.39 Å². The average molecular weight is 383 g/mol. The summed E-state index contributed by atoms with van der Waals surface area (Å²) in [5.41, 5.74) is 2.26. The van der Waals surface area contributed by atoms with Crippen LogP contribution in [0.25, 0.3) is 0 Å². The van der Waals surface area contributed by atoms with E-state index in [4.69, 9.17) is 35.4 Å². The van der Waals surface area contributed by atoms with Crippen molar-refractivity contribution in [3.05, 3.63) is 63.4 Å². The van der Waals surface area contributed by atoms with Gasteiger partial charge in [0.15, 0.2) is 5.11 Å². The van der Waals surface area contributed by atoms with E-state index in [-0.39, 0.29) is 5.82 Å². The summed E-state index contributed by atoms with van der Waals surface area (Å²) in [5.74, 6) is -0.310. The van der Waals surface area contributed by atoms with Crippen LogP contribution in [-0.4, -0.2) is 16.1 Å². The lowest BCUT2D eigenvalue weighted by Crippen LogP contribution is -2.36. The third-order valence-electron chi connectivity index (χ3n) is 4.15. The maximum absolute atomic E-state index is 14.1. The molecule has 3 rings (SSSR count). The van der Waals surface area contributed by atoms with Gasteiger partial charge in [0, 0.05) is 33.9 Å². The van der Waals surface area contributed by atoms with Gasteiger partial charge in [0.25, 0.3) is 0 Å². The summed E-state index contributed by atoms with van der Waals surface area (Å²) >= 11 is 17.9. The maximum Gasteiger partial charge on any atom is 0.173 e. The highest BCUT2D eigenvalue weighted by Gasteiger charge is 2.32. The second kappa shape index (κ2) is 7.26. The normalized spacial score (nSPS) is 13.7.